The standard InChI is InChI=1S/C11H12FN5OS/c1-6-8(19-5-16-6)4-15-11(18)7-2-3-14-10(17-13)9(7)12/h2-3,5H,4,13H2,1H3,(H,14,17)(H,15,18). The van der Waals surface area contributed by atoms with Gasteiger partial charge in [-0.2, -0.15) is 0 Å². The smallest absolute Gasteiger partial charge is 0.254 e. The minimum absolute atomic E-state index is 0.106. The van der Waals surface area contributed by atoms with E-state index in [2.05, 4.69) is 20.7 Å². The Kier molecular flexibility index (Phi) is 4.03. The SMILES string of the molecule is Cc1ncsc1CNC(=O)c1ccnc(NN)c1F. The first-order valence-corrected chi connectivity index (χ1v) is 6.29. The number of amides is 1. The van der Waals surface area contributed by atoms with Crippen molar-refractivity contribution in [3.63, 3.8) is 0 Å². The third-order valence-electron chi connectivity index (χ3n) is 2.52. The van der Waals surface area contributed by atoms with E-state index < -0.39 is 11.7 Å². The molecular formula is C11H12FN5OS. The maximum Gasteiger partial charge on any atom is 0.254 e. The van der Waals surface area contributed by atoms with Crippen molar-refractivity contribution in [1.82, 2.24) is 15.3 Å². The lowest BCUT2D eigenvalue weighted by Crippen LogP contribution is -2.24. The lowest BCUT2D eigenvalue weighted by molar-refractivity contribution is 0.0947. The Hall–Kier alpha value is -2.06. The van der Waals surface area contributed by atoms with Gasteiger partial charge in [0.25, 0.3) is 5.91 Å². The van der Waals surface area contributed by atoms with Crippen LogP contribution in [0.2, 0.25) is 0 Å². The lowest BCUT2D eigenvalue weighted by atomic mass is 10.2. The molecule has 0 fully saturated rings. The average molecular weight is 281 g/mol. The van der Waals surface area contributed by atoms with Crippen molar-refractivity contribution in [1.29, 1.82) is 0 Å². The first-order valence-electron chi connectivity index (χ1n) is 5.41. The van der Waals surface area contributed by atoms with Crippen molar-refractivity contribution >= 4 is 23.1 Å². The summed E-state index contributed by atoms with van der Waals surface area (Å²) < 4.78 is 13.8. The second-order valence-corrected chi connectivity index (χ2v) is 4.65. The molecule has 0 unspecified atom stereocenters. The van der Waals surface area contributed by atoms with Crippen LogP contribution in [0.3, 0.4) is 0 Å². The van der Waals surface area contributed by atoms with Crippen molar-refractivity contribution in [3.8, 4) is 0 Å². The van der Waals surface area contributed by atoms with E-state index in [1.165, 1.54) is 23.6 Å². The van der Waals surface area contributed by atoms with Gasteiger partial charge in [0.05, 0.1) is 23.3 Å². The Morgan fingerprint density at radius 3 is 2.95 bits per heavy atom. The van der Waals surface area contributed by atoms with Gasteiger partial charge in [-0.25, -0.2) is 20.2 Å². The molecule has 1 amide bonds. The zero-order valence-corrected chi connectivity index (χ0v) is 10.9. The summed E-state index contributed by atoms with van der Waals surface area (Å²) in [6.07, 6.45) is 1.31. The Morgan fingerprint density at radius 2 is 2.32 bits per heavy atom. The number of pyridine rings is 1. The summed E-state index contributed by atoms with van der Waals surface area (Å²) in [7, 11) is 0. The van der Waals surface area contributed by atoms with Gasteiger partial charge in [0.2, 0.25) is 0 Å². The van der Waals surface area contributed by atoms with E-state index in [1.54, 1.807) is 5.51 Å². The molecule has 100 valence electrons. The molecule has 0 bridgehead atoms. The number of nitrogens with one attached hydrogen (secondary N) is 2. The van der Waals surface area contributed by atoms with E-state index in [0.29, 0.717) is 6.54 Å². The molecular weight excluding hydrogens is 269 g/mol. The van der Waals surface area contributed by atoms with E-state index in [4.69, 9.17) is 5.84 Å². The number of nitrogens with zero attached hydrogens (tertiary/aromatic N) is 2. The Morgan fingerprint density at radius 1 is 1.53 bits per heavy atom. The second-order valence-electron chi connectivity index (χ2n) is 3.71. The van der Waals surface area contributed by atoms with Gasteiger partial charge in [0.1, 0.15) is 0 Å². The molecule has 2 heterocycles. The van der Waals surface area contributed by atoms with Gasteiger partial charge in [-0.05, 0) is 13.0 Å². The number of aryl methyl sites for hydroxylation is 1. The minimum Gasteiger partial charge on any atom is -0.347 e. The van der Waals surface area contributed by atoms with Gasteiger partial charge in [-0.1, -0.05) is 0 Å². The van der Waals surface area contributed by atoms with Crippen LogP contribution >= 0.6 is 11.3 Å². The predicted octanol–water partition coefficient (Wildman–Crippen LogP) is 1.20. The first-order chi connectivity index (χ1) is 9.13. The highest BCUT2D eigenvalue weighted by atomic mass is 32.1. The molecule has 0 aliphatic rings. The summed E-state index contributed by atoms with van der Waals surface area (Å²) in [6, 6.07) is 1.30. The number of carbonyl (C=O) groups is 1. The van der Waals surface area contributed by atoms with Crippen molar-refractivity contribution in [2.45, 2.75) is 13.5 Å². The predicted molar refractivity (Wildman–Crippen MR) is 70.0 cm³/mol. The molecule has 4 N–H and O–H groups in total. The third kappa shape index (κ3) is 2.85. The number of halogens is 1. The van der Waals surface area contributed by atoms with Crippen LogP contribution < -0.4 is 16.6 Å². The number of thiazole rings is 1. The monoisotopic (exact) mass is 281 g/mol. The van der Waals surface area contributed by atoms with Crippen molar-refractivity contribution in [2.24, 2.45) is 5.84 Å². The van der Waals surface area contributed by atoms with E-state index in [1.807, 2.05) is 6.92 Å². The van der Waals surface area contributed by atoms with E-state index in [0.717, 1.165) is 10.6 Å². The highest BCUT2D eigenvalue weighted by Gasteiger charge is 2.15. The molecule has 0 aliphatic carbocycles. The highest BCUT2D eigenvalue weighted by Crippen LogP contribution is 2.15. The fourth-order valence-electron chi connectivity index (χ4n) is 1.47. The fraction of sp³-hybridized carbons (Fsp3) is 0.182. The van der Waals surface area contributed by atoms with Gasteiger partial charge in [-0.15, -0.1) is 11.3 Å². The van der Waals surface area contributed by atoms with Crippen molar-refractivity contribution in [3.05, 3.63) is 39.7 Å². The molecule has 6 nitrogen and oxygen atoms in total. The fourth-order valence-corrected chi connectivity index (χ4v) is 2.19. The van der Waals surface area contributed by atoms with Crippen molar-refractivity contribution < 1.29 is 9.18 Å². The summed E-state index contributed by atoms with van der Waals surface area (Å²) in [5, 5.41) is 2.63. The van der Waals surface area contributed by atoms with Crippen LogP contribution in [0, 0.1) is 12.7 Å². The Balaban J connectivity index is 2.10. The molecule has 19 heavy (non-hydrogen) atoms. The molecule has 8 heteroatoms. The van der Waals surface area contributed by atoms with E-state index in [9.17, 15) is 9.18 Å². The van der Waals surface area contributed by atoms with Crippen LogP contribution in [-0.2, 0) is 6.54 Å². The minimum atomic E-state index is -0.775. The van der Waals surface area contributed by atoms with Crippen LogP contribution in [0.25, 0.3) is 0 Å². The largest absolute Gasteiger partial charge is 0.347 e. The third-order valence-corrected chi connectivity index (χ3v) is 3.46. The van der Waals surface area contributed by atoms with E-state index >= 15 is 0 Å². The Bertz CT molecular complexity index is 601. The Labute approximate surface area is 112 Å². The number of anilines is 1. The van der Waals surface area contributed by atoms with Gasteiger partial charge >= 0.3 is 0 Å². The van der Waals surface area contributed by atoms with Gasteiger partial charge in [0.15, 0.2) is 11.6 Å². The highest BCUT2D eigenvalue weighted by molar-refractivity contribution is 7.09. The molecule has 0 saturated carbocycles. The van der Waals surface area contributed by atoms with Gasteiger partial charge < -0.3 is 10.7 Å². The maximum atomic E-state index is 13.8. The molecule has 0 spiro atoms. The molecule has 0 atom stereocenters. The molecule has 2 aromatic heterocycles. The molecule has 0 radical (unpaired) electrons. The number of nitrogen functional groups attached to an aromatic ring is 1. The number of hydrogen-bond donors (Lipinski definition) is 3. The quantitative estimate of drug-likeness (QED) is 0.578. The normalized spacial score (nSPS) is 10.3. The van der Waals surface area contributed by atoms with Crippen LogP contribution in [-0.4, -0.2) is 15.9 Å². The summed E-state index contributed by atoms with van der Waals surface area (Å²) in [4.78, 5) is 20.5. The molecule has 0 aliphatic heterocycles. The number of rotatable bonds is 4. The van der Waals surface area contributed by atoms with Crippen molar-refractivity contribution in [2.75, 3.05) is 5.43 Å². The molecule has 2 aromatic rings. The summed E-state index contributed by atoms with van der Waals surface area (Å²) >= 11 is 1.43. The zero-order chi connectivity index (χ0) is 13.8. The lowest BCUT2D eigenvalue weighted by Gasteiger charge is -2.07. The number of carbonyl (C=O) groups excluding carboxylic acids is 1. The van der Waals surface area contributed by atoms with Gasteiger partial charge in [0, 0.05) is 11.1 Å². The van der Waals surface area contributed by atoms with Crippen LogP contribution in [0.15, 0.2) is 17.8 Å². The van der Waals surface area contributed by atoms with Crippen LogP contribution in [0.5, 0.6) is 0 Å². The molecule has 0 aromatic carbocycles. The van der Waals surface area contributed by atoms with Crippen LogP contribution in [0.4, 0.5) is 10.2 Å². The topological polar surface area (TPSA) is 92.9 Å². The molecule has 0 saturated heterocycles. The van der Waals surface area contributed by atoms with E-state index in [-0.39, 0.29) is 11.4 Å². The maximum absolute atomic E-state index is 13.8. The number of hydrazine groups is 1. The number of aromatic nitrogens is 2. The van der Waals surface area contributed by atoms with Crippen LogP contribution in [0.1, 0.15) is 20.9 Å². The second kappa shape index (κ2) is 5.72. The first kappa shape index (κ1) is 13.4. The number of nitrogens with two attached hydrogens (primary N) is 1. The summed E-state index contributed by atoms with van der Waals surface area (Å²) in [6.45, 7) is 2.16. The zero-order valence-electron chi connectivity index (χ0n) is 10.1. The average Bonchev–Trinajstić information content (AvgIpc) is 2.82. The summed E-state index contributed by atoms with van der Waals surface area (Å²) in [5.41, 5.74) is 4.54. The molecule has 2 rings (SSSR count). The van der Waals surface area contributed by atoms with Gasteiger partial charge in [-0.3, -0.25) is 4.79 Å². The summed E-state index contributed by atoms with van der Waals surface area (Å²) in [5.74, 6) is 3.64. The number of hydrogen-bond acceptors (Lipinski definition) is 6.